The molecule has 2 N–H and O–H groups in total. The Morgan fingerprint density at radius 3 is 2.20 bits per heavy atom. The minimum absolute atomic E-state index is 0.223. The van der Waals surface area contributed by atoms with Gasteiger partial charge >= 0.3 is 5.97 Å². The summed E-state index contributed by atoms with van der Waals surface area (Å²) >= 11 is 12.7. The molecule has 0 aliphatic heterocycles. The fourth-order valence-corrected chi connectivity index (χ4v) is 5.35. The van der Waals surface area contributed by atoms with Crippen LogP contribution in [0.25, 0.3) is 22.0 Å². The molecule has 4 aromatic carbocycles. The van der Waals surface area contributed by atoms with Crippen molar-refractivity contribution in [2.45, 2.75) is 20.8 Å². The molecule has 0 aliphatic rings. The van der Waals surface area contributed by atoms with Gasteiger partial charge in [-0.15, -0.1) is 0 Å². The number of carbonyl (C=O) groups excluding carboxylic acids is 2. The van der Waals surface area contributed by atoms with Crippen LogP contribution in [-0.2, 0) is 0 Å². The molecular weight excluding hydrogens is 629 g/mol. The largest absolute Gasteiger partial charge is 0.490 e. The fourth-order valence-electron chi connectivity index (χ4n) is 4.81. The number of halogens is 2. The van der Waals surface area contributed by atoms with E-state index in [9.17, 15) is 9.59 Å². The molecule has 0 saturated carbocycles. The van der Waals surface area contributed by atoms with Gasteiger partial charge in [-0.25, -0.2) is 10.2 Å². The number of H-pyrrole nitrogens is 1. The summed E-state index contributed by atoms with van der Waals surface area (Å²) in [5.74, 6) is 0.480. The maximum atomic E-state index is 13.4. The topological polar surface area (TPSA) is 111 Å². The minimum atomic E-state index is -0.590. The van der Waals surface area contributed by atoms with Gasteiger partial charge in [-0.1, -0.05) is 53.5 Å². The van der Waals surface area contributed by atoms with E-state index in [2.05, 4.69) is 15.5 Å². The van der Waals surface area contributed by atoms with Gasteiger partial charge in [0.25, 0.3) is 5.91 Å². The lowest BCUT2D eigenvalue weighted by molar-refractivity contribution is 0.0727. The number of amides is 1. The second-order valence-corrected chi connectivity index (χ2v) is 10.7. The van der Waals surface area contributed by atoms with Crippen LogP contribution in [0.15, 0.2) is 84.0 Å². The molecule has 1 aromatic heterocycles. The third-order valence-electron chi connectivity index (χ3n) is 6.74. The third-order valence-corrected chi connectivity index (χ3v) is 7.26. The van der Waals surface area contributed by atoms with Crippen molar-refractivity contribution < 1.29 is 28.5 Å². The number of hydrazone groups is 1. The lowest BCUT2D eigenvalue weighted by Gasteiger charge is -2.13. The highest BCUT2D eigenvalue weighted by Gasteiger charge is 2.21. The van der Waals surface area contributed by atoms with E-state index >= 15 is 0 Å². The molecule has 0 radical (unpaired) electrons. The predicted octanol–water partition coefficient (Wildman–Crippen LogP) is 8.32. The standard InChI is InChI=1S/C35H31Cl2N3O6/c1-4-43-27-15-13-23(17-30(27)45-6-3)35(42)46-28-14-12-21(16-29(28)44-5-2)20-38-40-34(41)33-31(22-10-8-7-9-11-22)25-18-24(36)19-26(37)32(25)39-33/h7-20,39H,4-6H2,1-3H3,(H,40,41). The van der Waals surface area contributed by atoms with E-state index in [0.717, 1.165) is 5.56 Å². The van der Waals surface area contributed by atoms with Crippen molar-refractivity contribution >= 4 is 52.2 Å². The van der Waals surface area contributed by atoms with Gasteiger partial charge < -0.3 is 23.9 Å². The Morgan fingerprint density at radius 1 is 0.804 bits per heavy atom. The lowest BCUT2D eigenvalue weighted by Crippen LogP contribution is -2.18. The van der Waals surface area contributed by atoms with Crippen molar-refractivity contribution in [3.63, 3.8) is 0 Å². The highest BCUT2D eigenvalue weighted by Crippen LogP contribution is 2.38. The molecule has 0 spiro atoms. The van der Waals surface area contributed by atoms with Crippen LogP contribution in [-0.4, -0.2) is 42.9 Å². The Labute approximate surface area is 276 Å². The summed E-state index contributed by atoms with van der Waals surface area (Å²) in [6.07, 6.45) is 1.46. The first-order valence-corrected chi connectivity index (χ1v) is 15.4. The maximum Gasteiger partial charge on any atom is 0.343 e. The molecule has 0 bridgehead atoms. The molecule has 9 nitrogen and oxygen atoms in total. The highest BCUT2D eigenvalue weighted by atomic mass is 35.5. The number of rotatable bonds is 12. The number of esters is 1. The van der Waals surface area contributed by atoms with Gasteiger partial charge in [0.05, 0.1) is 42.1 Å². The van der Waals surface area contributed by atoms with E-state index < -0.39 is 11.9 Å². The van der Waals surface area contributed by atoms with Crippen molar-refractivity contribution in [3.05, 3.63) is 106 Å². The summed E-state index contributed by atoms with van der Waals surface area (Å²) < 4.78 is 22.6. The molecule has 0 unspecified atom stereocenters. The molecule has 0 fully saturated rings. The highest BCUT2D eigenvalue weighted by molar-refractivity contribution is 6.39. The molecule has 5 aromatic rings. The molecule has 11 heteroatoms. The zero-order valence-corrected chi connectivity index (χ0v) is 26.9. The van der Waals surface area contributed by atoms with E-state index in [4.69, 9.17) is 42.1 Å². The average Bonchev–Trinajstić information content (AvgIpc) is 3.43. The Hall–Kier alpha value is -4.99. The van der Waals surface area contributed by atoms with E-state index in [1.165, 1.54) is 6.21 Å². The van der Waals surface area contributed by atoms with Gasteiger partial charge in [0.2, 0.25) is 0 Å². The number of nitrogens with zero attached hydrogens (tertiary/aromatic N) is 1. The van der Waals surface area contributed by atoms with Crippen LogP contribution in [0.3, 0.4) is 0 Å². The number of ether oxygens (including phenoxy) is 4. The number of hydrogen-bond donors (Lipinski definition) is 2. The minimum Gasteiger partial charge on any atom is -0.490 e. The molecule has 5 rings (SSSR count). The Balaban J connectivity index is 1.35. The Kier molecular flexibility index (Phi) is 10.5. The van der Waals surface area contributed by atoms with Gasteiger partial charge in [-0.3, -0.25) is 4.79 Å². The number of benzene rings is 4. The molecule has 0 aliphatic carbocycles. The molecule has 236 valence electrons. The summed E-state index contributed by atoms with van der Waals surface area (Å²) in [5, 5.41) is 5.72. The quantitative estimate of drug-likeness (QED) is 0.0603. The summed E-state index contributed by atoms with van der Waals surface area (Å²) in [5.41, 5.74) is 5.79. The summed E-state index contributed by atoms with van der Waals surface area (Å²) in [6.45, 7) is 6.74. The SMILES string of the molecule is CCOc1ccc(C(=O)Oc2ccc(C=NNC(=O)c3[nH]c4c(Cl)cc(Cl)cc4c3-c3ccccc3)cc2OCC)cc1OCC. The van der Waals surface area contributed by atoms with E-state index in [1.54, 1.807) is 48.5 Å². The third kappa shape index (κ3) is 7.28. The predicted molar refractivity (Wildman–Crippen MR) is 180 cm³/mol. The monoisotopic (exact) mass is 659 g/mol. The summed E-state index contributed by atoms with van der Waals surface area (Å²) in [4.78, 5) is 29.5. The summed E-state index contributed by atoms with van der Waals surface area (Å²) in [7, 11) is 0. The van der Waals surface area contributed by atoms with Gasteiger partial charge in [0.1, 0.15) is 5.69 Å². The van der Waals surface area contributed by atoms with Gasteiger partial charge in [0.15, 0.2) is 23.0 Å². The van der Waals surface area contributed by atoms with Crippen molar-refractivity contribution in [2.75, 3.05) is 19.8 Å². The van der Waals surface area contributed by atoms with Crippen molar-refractivity contribution in [1.29, 1.82) is 0 Å². The second-order valence-electron chi connectivity index (χ2n) is 9.81. The van der Waals surface area contributed by atoms with Crippen LogP contribution < -0.4 is 24.4 Å². The molecule has 46 heavy (non-hydrogen) atoms. The van der Waals surface area contributed by atoms with E-state index in [0.29, 0.717) is 69.1 Å². The van der Waals surface area contributed by atoms with Crippen LogP contribution >= 0.6 is 23.2 Å². The molecule has 1 heterocycles. The normalized spacial score (nSPS) is 11.1. The molecular formula is C35H31Cl2N3O6. The van der Waals surface area contributed by atoms with Crippen LogP contribution in [0.2, 0.25) is 10.0 Å². The average molecular weight is 661 g/mol. The van der Waals surface area contributed by atoms with Crippen LogP contribution in [0, 0.1) is 0 Å². The van der Waals surface area contributed by atoms with Gasteiger partial charge in [0, 0.05) is 16.0 Å². The van der Waals surface area contributed by atoms with Crippen LogP contribution in [0.5, 0.6) is 23.0 Å². The van der Waals surface area contributed by atoms with E-state index in [1.807, 2.05) is 51.1 Å². The van der Waals surface area contributed by atoms with Crippen molar-refractivity contribution in [3.8, 4) is 34.1 Å². The molecule has 0 atom stereocenters. The molecule has 1 amide bonds. The second kappa shape index (κ2) is 14.9. The van der Waals surface area contributed by atoms with E-state index in [-0.39, 0.29) is 17.0 Å². The van der Waals surface area contributed by atoms with Gasteiger partial charge in [-0.2, -0.15) is 5.10 Å². The first-order chi connectivity index (χ1) is 22.3. The lowest BCUT2D eigenvalue weighted by atomic mass is 10.0. The van der Waals surface area contributed by atoms with Crippen molar-refractivity contribution in [1.82, 2.24) is 10.4 Å². The zero-order valence-electron chi connectivity index (χ0n) is 25.4. The number of aromatic nitrogens is 1. The molecule has 0 saturated heterocycles. The summed E-state index contributed by atoms with van der Waals surface area (Å²) in [6, 6.07) is 22.6. The number of nitrogens with one attached hydrogen (secondary N) is 2. The first kappa shape index (κ1) is 32.4. The Bertz CT molecular complexity index is 1910. The van der Waals surface area contributed by atoms with Crippen LogP contribution in [0.4, 0.5) is 0 Å². The number of fused-ring (bicyclic) bond motifs is 1. The first-order valence-electron chi connectivity index (χ1n) is 14.6. The number of hydrogen-bond acceptors (Lipinski definition) is 7. The Morgan fingerprint density at radius 2 is 1.48 bits per heavy atom. The van der Waals surface area contributed by atoms with Gasteiger partial charge in [-0.05, 0) is 80.4 Å². The van der Waals surface area contributed by atoms with Crippen molar-refractivity contribution in [2.24, 2.45) is 5.10 Å². The number of carbonyl (C=O) groups is 2. The van der Waals surface area contributed by atoms with Crippen LogP contribution in [0.1, 0.15) is 47.2 Å². The maximum absolute atomic E-state index is 13.4. The zero-order chi connectivity index (χ0) is 32.6. The fraction of sp³-hybridized carbons (Fsp3) is 0.171. The number of aromatic amines is 1. The smallest absolute Gasteiger partial charge is 0.343 e.